The lowest BCUT2D eigenvalue weighted by molar-refractivity contribution is -0.114. The molecule has 1 aromatic carbocycles. The van der Waals surface area contributed by atoms with Crippen molar-refractivity contribution in [1.82, 2.24) is 4.98 Å². The minimum absolute atomic E-state index is 0.0829. The maximum atomic E-state index is 13.7. The Morgan fingerprint density at radius 2 is 2.13 bits per heavy atom. The number of thiazole rings is 1. The quantitative estimate of drug-likeness (QED) is 0.847. The molecule has 1 aromatic heterocycles. The van der Waals surface area contributed by atoms with Gasteiger partial charge in [0.2, 0.25) is 5.91 Å². The molecule has 2 rings (SSSR count). The Hall–Kier alpha value is -2.48. The number of hydrogen-bond donors (Lipinski definition) is 1. The lowest BCUT2D eigenvalue weighted by Crippen LogP contribution is -2.11. The molecule has 1 heterocycles. The predicted molar refractivity (Wildman–Crippen MR) is 83.2 cm³/mol. The van der Waals surface area contributed by atoms with Crippen LogP contribution in [0.4, 0.5) is 9.52 Å². The third-order valence-corrected chi connectivity index (χ3v) is 3.68. The van der Waals surface area contributed by atoms with Crippen molar-refractivity contribution in [3.8, 4) is 5.75 Å². The molecule has 0 spiro atoms. The molecule has 0 saturated carbocycles. The van der Waals surface area contributed by atoms with E-state index in [1.54, 1.807) is 13.0 Å². The predicted octanol–water partition coefficient (Wildman–Crippen LogP) is 3.17. The summed E-state index contributed by atoms with van der Waals surface area (Å²) in [6.07, 6.45) is -0.658. The highest BCUT2D eigenvalue weighted by Crippen LogP contribution is 2.25. The molecule has 8 heteroatoms. The number of nitrogens with one attached hydrogen (secondary N) is 1. The molecule has 2 aromatic rings. The number of benzene rings is 1. The highest BCUT2D eigenvalue weighted by molar-refractivity contribution is 7.14. The van der Waals surface area contributed by atoms with Gasteiger partial charge in [-0.2, -0.15) is 0 Å². The zero-order valence-electron chi connectivity index (χ0n) is 12.8. The normalized spacial score (nSPS) is 11.7. The van der Waals surface area contributed by atoms with Crippen LogP contribution in [0.2, 0.25) is 0 Å². The summed E-state index contributed by atoms with van der Waals surface area (Å²) >= 11 is 1.12. The van der Waals surface area contributed by atoms with E-state index in [4.69, 9.17) is 9.47 Å². The van der Waals surface area contributed by atoms with Gasteiger partial charge in [0.25, 0.3) is 0 Å². The van der Waals surface area contributed by atoms with Crippen molar-refractivity contribution in [1.29, 1.82) is 0 Å². The van der Waals surface area contributed by atoms with Crippen molar-refractivity contribution in [3.63, 3.8) is 0 Å². The Balaban J connectivity index is 2.05. The van der Waals surface area contributed by atoms with Crippen molar-refractivity contribution in [3.05, 3.63) is 40.7 Å². The van der Waals surface area contributed by atoms with Gasteiger partial charge in [0, 0.05) is 12.3 Å². The van der Waals surface area contributed by atoms with Crippen LogP contribution in [0.25, 0.3) is 0 Å². The lowest BCUT2D eigenvalue weighted by Gasteiger charge is -2.13. The minimum atomic E-state index is -0.658. The van der Waals surface area contributed by atoms with Gasteiger partial charge < -0.3 is 14.8 Å². The summed E-state index contributed by atoms with van der Waals surface area (Å²) in [5, 5.41) is 4.28. The first-order chi connectivity index (χ1) is 10.9. The zero-order chi connectivity index (χ0) is 17.0. The number of halogens is 1. The fourth-order valence-electron chi connectivity index (χ4n) is 1.80. The topological polar surface area (TPSA) is 77.5 Å². The highest BCUT2D eigenvalue weighted by Gasteiger charge is 2.18. The Labute approximate surface area is 136 Å². The Morgan fingerprint density at radius 3 is 2.74 bits per heavy atom. The summed E-state index contributed by atoms with van der Waals surface area (Å²) in [5.74, 6) is -1.34. The van der Waals surface area contributed by atoms with Gasteiger partial charge in [0.15, 0.2) is 22.4 Å². The number of nitrogens with zero attached hydrogens (tertiary/aromatic N) is 1. The average molecular weight is 338 g/mol. The molecular weight excluding hydrogens is 323 g/mol. The summed E-state index contributed by atoms with van der Waals surface area (Å²) in [5.41, 5.74) is 0.577. The molecule has 1 N–H and O–H groups in total. The van der Waals surface area contributed by atoms with Gasteiger partial charge in [-0.3, -0.25) is 4.79 Å². The van der Waals surface area contributed by atoms with Crippen molar-refractivity contribution in [2.24, 2.45) is 0 Å². The maximum Gasteiger partial charge on any atom is 0.358 e. The number of anilines is 1. The molecule has 0 aliphatic rings. The maximum absolute atomic E-state index is 13.7. The molecule has 0 aliphatic carbocycles. The number of rotatable bonds is 5. The molecule has 0 radical (unpaired) electrons. The van der Waals surface area contributed by atoms with Gasteiger partial charge in [0.05, 0.1) is 7.11 Å². The van der Waals surface area contributed by atoms with Crippen LogP contribution in [0.15, 0.2) is 23.6 Å². The molecule has 6 nitrogen and oxygen atoms in total. The number of ether oxygens (including phenoxy) is 2. The molecule has 0 bridgehead atoms. The first-order valence-corrected chi connectivity index (χ1v) is 7.56. The van der Waals surface area contributed by atoms with Crippen LogP contribution < -0.4 is 10.1 Å². The number of methoxy groups -OCH3 is 1. The first kappa shape index (κ1) is 16.9. The van der Waals surface area contributed by atoms with E-state index in [1.807, 2.05) is 0 Å². The standard InChI is InChI=1S/C15H15FN2O4S/c1-8(10-4-5-13(21-3)11(16)6-10)22-14(20)12-7-23-15(18-12)17-9(2)19/h4-8H,1-3H3,(H,17,18,19)/t8-/m1/s1. The summed E-state index contributed by atoms with van der Waals surface area (Å²) < 4.78 is 23.8. The first-order valence-electron chi connectivity index (χ1n) is 6.68. The molecule has 23 heavy (non-hydrogen) atoms. The van der Waals surface area contributed by atoms with E-state index in [0.29, 0.717) is 10.7 Å². The van der Waals surface area contributed by atoms with E-state index in [-0.39, 0.29) is 17.4 Å². The van der Waals surface area contributed by atoms with Crippen molar-refractivity contribution in [2.75, 3.05) is 12.4 Å². The lowest BCUT2D eigenvalue weighted by atomic mass is 10.1. The smallest absolute Gasteiger partial charge is 0.358 e. The largest absolute Gasteiger partial charge is 0.494 e. The molecule has 1 amide bonds. The average Bonchev–Trinajstić information content (AvgIpc) is 2.94. The van der Waals surface area contributed by atoms with E-state index in [2.05, 4.69) is 10.3 Å². The zero-order valence-corrected chi connectivity index (χ0v) is 13.6. The summed E-state index contributed by atoms with van der Waals surface area (Å²) in [6.45, 7) is 2.97. The fraction of sp³-hybridized carbons (Fsp3) is 0.267. The molecule has 1 atom stereocenters. The number of carbonyl (C=O) groups excluding carboxylic acids is 2. The van der Waals surface area contributed by atoms with Crippen LogP contribution in [-0.4, -0.2) is 24.0 Å². The van der Waals surface area contributed by atoms with Crippen molar-refractivity contribution >= 4 is 28.3 Å². The minimum Gasteiger partial charge on any atom is -0.494 e. The summed E-state index contributed by atoms with van der Waals surface area (Å²) in [6, 6.07) is 4.33. The van der Waals surface area contributed by atoms with Gasteiger partial charge in [-0.1, -0.05) is 6.07 Å². The summed E-state index contributed by atoms with van der Waals surface area (Å²) in [4.78, 5) is 26.9. The van der Waals surface area contributed by atoms with Gasteiger partial charge in [-0.05, 0) is 24.6 Å². The number of aromatic nitrogens is 1. The second-order valence-electron chi connectivity index (χ2n) is 4.66. The Kier molecular flexibility index (Phi) is 5.28. The number of amides is 1. The van der Waals surface area contributed by atoms with Crippen molar-refractivity contribution in [2.45, 2.75) is 20.0 Å². The van der Waals surface area contributed by atoms with Gasteiger partial charge in [0.1, 0.15) is 6.10 Å². The second-order valence-corrected chi connectivity index (χ2v) is 5.52. The Bertz CT molecular complexity index is 732. The van der Waals surface area contributed by atoms with Crippen LogP contribution in [0.1, 0.15) is 36.0 Å². The van der Waals surface area contributed by atoms with Crippen LogP contribution in [0.5, 0.6) is 5.75 Å². The SMILES string of the molecule is COc1ccc([C@@H](C)OC(=O)c2csc(NC(C)=O)n2)cc1F. The van der Waals surface area contributed by atoms with Crippen LogP contribution in [-0.2, 0) is 9.53 Å². The fourth-order valence-corrected chi connectivity index (χ4v) is 2.53. The monoisotopic (exact) mass is 338 g/mol. The van der Waals surface area contributed by atoms with Gasteiger partial charge in [-0.25, -0.2) is 14.2 Å². The third-order valence-electron chi connectivity index (χ3n) is 2.93. The number of hydrogen-bond acceptors (Lipinski definition) is 6. The van der Waals surface area contributed by atoms with E-state index >= 15 is 0 Å². The van der Waals surface area contributed by atoms with E-state index in [0.717, 1.165) is 11.3 Å². The van der Waals surface area contributed by atoms with Crippen molar-refractivity contribution < 1.29 is 23.5 Å². The third kappa shape index (κ3) is 4.26. The molecule has 0 aliphatic heterocycles. The molecule has 0 fully saturated rings. The van der Waals surface area contributed by atoms with Crippen LogP contribution in [0, 0.1) is 5.82 Å². The second kappa shape index (κ2) is 7.19. The number of carbonyl (C=O) groups is 2. The van der Waals surface area contributed by atoms with Gasteiger partial charge >= 0.3 is 5.97 Å². The molecule has 122 valence electrons. The Morgan fingerprint density at radius 1 is 1.39 bits per heavy atom. The van der Waals surface area contributed by atoms with E-state index < -0.39 is 17.9 Å². The molecule has 0 saturated heterocycles. The molecule has 0 unspecified atom stereocenters. The van der Waals surface area contributed by atoms with E-state index in [1.165, 1.54) is 31.5 Å². The highest BCUT2D eigenvalue weighted by atomic mass is 32.1. The summed E-state index contributed by atoms with van der Waals surface area (Å²) in [7, 11) is 1.37. The van der Waals surface area contributed by atoms with Crippen LogP contribution >= 0.6 is 11.3 Å². The number of esters is 1. The van der Waals surface area contributed by atoms with Gasteiger partial charge in [-0.15, -0.1) is 11.3 Å². The van der Waals surface area contributed by atoms with E-state index in [9.17, 15) is 14.0 Å². The van der Waals surface area contributed by atoms with Crippen LogP contribution in [0.3, 0.4) is 0 Å². The molecular formula is C15H15FN2O4S.